The maximum absolute atomic E-state index is 12.0. The third-order valence-corrected chi connectivity index (χ3v) is 5.30. The summed E-state index contributed by atoms with van der Waals surface area (Å²) in [4.78, 5) is 12.0. The molecular formula is C14H23NO2. The number of aliphatic hydroxyl groups excluding tert-OH is 1. The molecule has 2 N–H and O–H groups in total. The molecule has 3 aliphatic rings. The highest BCUT2D eigenvalue weighted by Crippen LogP contribution is 2.57. The molecule has 1 amide bonds. The van der Waals surface area contributed by atoms with Crippen molar-refractivity contribution < 1.29 is 9.90 Å². The molecule has 3 rings (SSSR count). The molecule has 3 aliphatic carbocycles. The molecular weight excluding hydrogens is 214 g/mol. The molecule has 0 saturated heterocycles. The molecule has 4 unspecified atom stereocenters. The van der Waals surface area contributed by atoms with Gasteiger partial charge in [-0.3, -0.25) is 4.79 Å². The van der Waals surface area contributed by atoms with E-state index >= 15 is 0 Å². The predicted octanol–water partition coefficient (Wildman–Crippen LogP) is 1.56. The largest absolute Gasteiger partial charge is 0.396 e. The lowest BCUT2D eigenvalue weighted by atomic mass is 9.97. The topological polar surface area (TPSA) is 49.3 Å². The number of carbonyl (C=O) groups excluding carboxylic acids is 1. The first-order valence-corrected chi connectivity index (χ1v) is 7.20. The summed E-state index contributed by atoms with van der Waals surface area (Å²) in [5, 5.41) is 12.4. The zero-order valence-corrected chi connectivity index (χ0v) is 10.4. The van der Waals surface area contributed by atoms with Crippen LogP contribution in [0.15, 0.2) is 0 Å². The van der Waals surface area contributed by atoms with Crippen molar-refractivity contribution >= 4 is 5.91 Å². The van der Waals surface area contributed by atoms with Gasteiger partial charge in [0.05, 0.1) is 0 Å². The smallest absolute Gasteiger partial charge is 0.223 e. The fourth-order valence-electron chi connectivity index (χ4n) is 4.18. The van der Waals surface area contributed by atoms with Gasteiger partial charge in [-0.15, -0.1) is 0 Å². The van der Waals surface area contributed by atoms with Crippen LogP contribution in [-0.2, 0) is 4.79 Å². The van der Waals surface area contributed by atoms with Crippen LogP contribution >= 0.6 is 0 Å². The van der Waals surface area contributed by atoms with Gasteiger partial charge in [0, 0.05) is 19.1 Å². The van der Waals surface area contributed by atoms with E-state index in [4.69, 9.17) is 0 Å². The molecule has 4 atom stereocenters. The number of nitrogens with one attached hydrogen (secondary N) is 1. The Labute approximate surface area is 103 Å². The van der Waals surface area contributed by atoms with Crippen LogP contribution in [0.1, 0.15) is 38.5 Å². The summed E-state index contributed by atoms with van der Waals surface area (Å²) in [6, 6.07) is 0. The van der Waals surface area contributed by atoms with Crippen LogP contribution in [0.4, 0.5) is 0 Å². The van der Waals surface area contributed by atoms with Crippen molar-refractivity contribution in [3.8, 4) is 0 Å². The third kappa shape index (κ3) is 2.10. The van der Waals surface area contributed by atoms with Gasteiger partial charge in [0.1, 0.15) is 0 Å². The highest BCUT2D eigenvalue weighted by Gasteiger charge is 2.56. The van der Waals surface area contributed by atoms with Crippen molar-refractivity contribution in [2.75, 3.05) is 13.2 Å². The highest BCUT2D eigenvalue weighted by molar-refractivity contribution is 5.82. The lowest BCUT2D eigenvalue weighted by Crippen LogP contribution is -2.33. The first kappa shape index (κ1) is 11.5. The SMILES string of the molecule is O=C(NCC1CCCC1CO)C1C2CCCC21. The molecule has 3 fully saturated rings. The van der Waals surface area contributed by atoms with Gasteiger partial charge in [0.15, 0.2) is 0 Å². The van der Waals surface area contributed by atoms with Gasteiger partial charge in [0.2, 0.25) is 5.91 Å². The average molecular weight is 237 g/mol. The second-order valence-corrected chi connectivity index (χ2v) is 6.16. The first-order chi connectivity index (χ1) is 8.31. The van der Waals surface area contributed by atoms with E-state index < -0.39 is 0 Å². The lowest BCUT2D eigenvalue weighted by molar-refractivity contribution is -0.123. The highest BCUT2D eigenvalue weighted by atomic mass is 16.3. The molecule has 3 nitrogen and oxygen atoms in total. The zero-order valence-electron chi connectivity index (χ0n) is 10.4. The zero-order chi connectivity index (χ0) is 11.8. The van der Waals surface area contributed by atoms with Crippen LogP contribution < -0.4 is 5.32 Å². The second kappa shape index (κ2) is 4.60. The molecule has 3 heteroatoms. The van der Waals surface area contributed by atoms with E-state index in [9.17, 15) is 9.90 Å². The Kier molecular flexibility index (Phi) is 3.12. The van der Waals surface area contributed by atoms with Crippen LogP contribution in [0.3, 0.4) is 0 Å². The van der Waals surface area contributed by atoms with Crippen molar-refractivity contribution in [2.24, 2.45) is 29.6 Å². The normalized spacial score (nSPS) is 43.5. The van der Waals surface area contributed by atoms with E-state index in [1.165, 1.54) is 32.1 Å². The summed E-state index contributed by atoms with van der Waals surface area (Å²) in [7, 11) is 0. The third-order valence-electron chi connectivity index (χ3n) is 5.30. The Balaban J connectivity index is 1.44. The van der Waals surface area contributed by atoms with Crippen molar-refractivity contribution in [3.05, 3.63) is 0 Å². The molecule has 96 valence electrons. The number of aliphatic hydroxyl groups is 1. The Morgan fingerprint density at radius 2 is 1.71 bits per heavy atom. The Morgan fingerprint density at radius 3 is 2.41 bits per heavy atom. The molecule has 0 aliphatic heterocycles. The summed E-state index contributed by atoms with van der Waals surface area (Å²) in [5.41, 5.74) is 0. The monoisotopic (exact) mass is 237 g/mol. The van der Waals surface area contributed by atoms with Crippen molar-refractivity contribution in [2.45, 2.75) is 38.5 Å². The maximum Gasteiger partial charge on any atom is 0.223 e. The molecule has 0 aromatic heterocycles. The van der Waals surface area contributed by atoms with Gasteiger partial charge >= 0.3 is 0 Å². The van der Waals surface area contributed by atoms with E-state index in [1.54, 1.807) is 0 Å². The van der Waals surface area contributed by atoms with Crippen LogP contribution in [0.2, 0.25) is 0 Å². The van der Waals surface area contributed by atoms with Crippen LogP contribution in [0.25, 0.3) is 0 Å². The minimum absolute atomic E-state index is 0.287. The van der Waals surface area contributed by atoms with E-state index in [2.05, 4.69) is 5.32 Å². The van der Waals surface area contributed by atoms with Crippen molar-refractivity contribution in [3.63, 3.8) is 0 Å². The number of hydrogen-bond acceptors (Lipinski definition) is 2. The standard InChI is InChI=1S/C14H23NO2/c16-8-10-4-1-3-9(10)7-15-14(17)13-11-5-2-6-12(11)13/h9-13,16H,1-8H2,(H,15,17). The molecule has 0 spiro atoms. The van der Waals surface area contributed by atoms with E-state index in [1.807, 2.05) is 0 Å². The Morgan fingerprint density at radius 1 is 1.06 bits per heavy atom. The van der Waals surface area contributed by atoms with Gasteiger partial charge in [0.25, 0.3) is 0 Å². The minimum Gasteiger partial charge on any atom is -0.396 e. The van der Waals surface area contributed by atoms with Gasteiger partial charge < -0.3 is 10.4 Å². The molecule has 17 heavy (non-hydrogen) atoms. The molecule has 0 radical (unpaired) electrons. The van der Waals surface area contributed by atoms with Crippen molar-refractivity contribution in [1.82, 2.24) is 5.32 Å². The average Bonchev–Trinajstić information content (AvgIpc) is 2.75. The van der Waals surface area contributed by atoms with Crippen LogP contribution in [0.5, 0.6) is 0 Å². The maximum atomic E-state index is 12.0. The summed E-state index contributed by atoms with van der Waals surface area (Å²) >= 11 is 0. The van der Waals surface area contributed by atoms with Crippen molar-refractivity contribution in [1.29, 1.82) is 0 Å². The fourth-order valence-corrected chi connectivity index (χ4v) is 4.18. The predicted molar refractivity (Wildman–Crippen MR) is 65.2 cm³/mol. The number of amides is 1. The van der Waals surface area contributed by atoms with E-state index in [-0.39, 0.29) is 6.61 Å². The quantitative estimate of drug-likeness (QED) is 0.779. The number of carbonyl (C=O) groups is 1. The second-order valence-electron chi connectivity index (χ2n) is 6.16. The van der Waals surface area contributed by atoms with E-state index in [0.29, 0.717) is 35.5 Å². The number of hydrogen-bond donors (Lipinski definition) is 2. The van der Waals surface area contributed by atoms with E-state index in [0.717, 1.165) is 13.0 Å². The van der Waals surface area contributed by atoms with Crippen LogP contribution in [-0.4, -0.2) is 24.2 Å². The summed E-state index contributed by atoms with van der Waals surface area (Å²) in [5.74, 6) is 3.01. The molecule has 0 aromatic carbocycles. The molecule has 0 bridgehead atoms. The van der Waals surface area contributed by atoms with Crippen LogP contribution in [0, 0.1) is 29.6 Å². The fraction of sp³-hybridized carbons (Fsp3) is 0.929. The molecule has 0 aromatic rings. The molecule has 3 saturated carbocycles. The summed E-state index contributed by atoms with van der Waals surface area (Å²) in [6.45, 7) is 1.08. The van der Waals surface area contributed by atoms with Gasteiger partial charge in [-0.25, -0.2) is 0 Å². The number of fused-ring (bicyclic) bond motifs is 1. The Bertz CT molecular complexity index is 295. The van der Waals surface area contributed by atoms with Gasteiger partial charge in [-0.05, 0) is 49.4 Å². The minimum atomic E-state index is 0.287. The Hall–Kier alpha value is -0.570. The van der Waals surface area contributed by atoms with Gasteiger partial charge in [-0.1, -0.05) is 12.8 Å². The number of rotatable bonds is 4. The lowest BCUT2D eigenvalue weighted by Gasteiger charge is -2.18. The summed E-state index contributed by atoms with van der Waals surface area (Å²) < 4.78 is 0. The molecule has 0 heterocycles. The van der Waals surface area contributed by atoms with Gasteiger partial charge in [-0.2, -0.15) is 0 Å². The first-order valence-electron chi connectivity index (χ1n) is 7.20. The summed E-state index contributed by atoms with van der Waals surface area (Å²) in [6.07, 6.45) is 7.38.